The molecule has 3 heteroatoms. The van der Waals surface area contributed by atoms with Crippen molar-refractivity contribution in [1.29, 1.82) is 0 Å². The molecule has 0 heterocycles. The molecular formula is C15H23BrO2. The maximum absolute atomic E-state index is 5.58. The normalized spacial score (nSPS) is 10.6. The molecule has 0 aliphatic heterocycles. The molecule has 0 spiro atoms. The van der Waals surface area contributed by atoms with Crippen molar-refractivity contribution in [2.75, 3.05) is 19.8 Å². The van der Waals surface area contributed by atoms with Gasteiger partial charge in [-0.15, -0.1) is 0 Å². The number of hydrogen-bond donors (Lipinski definition) is 0. The summed E-state index contributed by atoms with van der Waals surface area (Å²) >= 11 is 3.41. The van der Waals surface area contributed by atoms with Gasteiger partial charge in [0.15, 0.2) is 0 Å². The summed E-state index contributed by atoms with van der Waals surface area (Å²) in [6.45, 7) is 4.37. The smallest absolute Gasteiger partial charge is 0.120 e. The molecule has 0 atom stereocenters. The summed E-state index contributed by atoms with van der Waals surface area (Å²) in [7, 11) is 0. The number of hydrogen-bond acceptors (Lipinski definition) is 2. The van der Waals surface area contributed by atoms with Crippen molar-refractivity contribution in [1.82, 2.24) is 0 Å². The Hall–Kier alpha value is -0.540. The zero-order chi connectivity index (χ0) is 13.1. The van der Waals surface area contributed by atoms with Crippen LogP contribution in [-0.4, -0.2) is 19.8 Å². The topological polar surface area (TPSA) is 18.5 Å². The van der Waals surface area contributed by atoms with Gasteiger partial charge in [-0.25, -0.2) is 0 Å². The van der Waals surface area contributed by atoms with Gasteiger partial charge in [0.25, 0.3) is 0 Å². The Balaban J connectivity index is 1.92. The van der Waals surface area contributed by atoms with E-state index >= 15 is 0 Å². The molecule has 1 aromatic carbocycles. The second-order valence-electron chi connectivity index (χ2n) is 4.33. The maximum Gasteiger partial charge on any atom is 0.120 e. The van der Waals surface area contributed by atoms with Crippen molar-refractivity contribution in [3.63, 3.8) is 0 Å². The Morgan fingerprint density at radius 1 is 1.00 bits per heavy atom. The van der Waals surface area contributed by atoms with E-state index < -0.39 is 0 Å². The summed E-state index contributed by atoms with van der Waals surface area (Å²) in [6.07, 6.45) is 6.40. The van der Waals surface area contributed by atoms with Gasteiger partial charge in [0, 0.05) is 11.1 Å². The van der Waals surface area contributed by atoms with Crippen LogP contribution in [0.25, 0.3) is 0 Å². The molecule has 0 bridgehead atoms. The molecule has 0 amide bonds. The maximum atomic E-state index is 5.58. The van der Waals surface area contributed by atoms with Crippen molar-refractivity contribution in [3.8, 4) is 5.75 Å². The van der Waals surface area contributed by atoms with Crippen molar-refractivity contribution in [2.24, 2.45) is 0 Å². The van der Waals surface area contributed by atoms with Crippen molar-refractivity contribution < 1.29 is 9.47 Å². The lowest BCUT2D eigenvalue weighted by Gasteiger charge is -2.07. The molecule has 0 N–H and O–H groups in total. The highest BCUT2D eigenvalue weighted by molar-refractivity contribution is 9.10. The van der Waals surface area contributed by atoms with Crippen LogP contribution in [0.4, 0.5) is 0 Å². The van der Waals surface area contributed by atoms with Gasteiger partial charge in [0.05, 0.1) is 6.61 Å². The van der Waals surface area contributed by atoms with E-state index in [9.17, 15) is 0 Å². The van der Waals surface area contributed by atoms with Crippen LogP contribution < -0.4 is 4.74 Å². The lowest BCUT2D eigenvalue weighted by Crippen LogP contribution is -2.07. The first kappa shape index (κ1) is 15.5. The number of benzene rings is 1. The SMILES string of the molecule is CCCCCCCOCCOc1cccc(Br)c1. The van der Waals surface area contributed by atoms with E-state index in [2.05, 4.69) is 22.9 Å². The van der Waals surface area contributed by atoms with Crippen LogP contribution >= 0.6 is 15.9 Å². The summed E-state index contributed by atoms with van der Waals surface area (Å²) in [5, 5.41) is 0. The fourth-order valence-electron chi connectivity index (χ4n) is 1.68. The van der Waals surface area contributed by atoms with Gasteiger partial charge in [0.1, 0.15) is 12.4 Å². The quantitative estimate of drug-likeness (QED) is 0.577. The fraction of sp³-hybridized carbons (Fsp3) is 0.600. The summed E-state index contributed by atoms with van der Waals surface area (Å²) in [6, 6.07) is 7.87. The average molecular weight is 315 g/mol. The molecule has 0 saturated heterocycles. The molecule has 0 aliphatic carbocycles. The standard InChI is InChI=1S/C15H23BrO2/c1-2-3-4-5-6-10-17-11-12-18-15-9-7-8-14(16)13-15/h7-9,13H,2-6,10-12H2,1H3. The number of unbranched alkanes of at least 4 members (excludes halogenated alkanes) is 4. The van der Waals surface area contributed by atoms with E-state index in [1.807, 2.05) is 24.3 Å². The molecule has 102 valence electrons. The number of ether oxygens (including phenoxy) is 2. The number of rotatable bonds is 10. The highest BCUT2D eigenvalue weighted by Gasteiger charge is 1.95. The first-order valence-corrected chi connectivity index (χ1v) is 7.58. The zero-order valence-corrected chi connectivity index (χ0v) is 12.7. The van der Waals surface area contributed by atoms with Gasteiger partial charge in [-0.05, 0) is 24.6 Å². The second-order valence-corrected chi connectivity index (χ2v) is 5.25. The van der Waals surface area contributed by atoms with Crippen LogP contribution in [0, 0.1) is 0 Å². The molecule has 0 unspecified atom stereocenters. The molecular weight excluding hydrogens is 292 g/mol. The molecule has 0 aliphatic rings. The molecule has 0 radical (unpaired) electrons. The lowest BCUT2D eigenvalue weighted by molar-refractivity contribution is 0.0970. The largest absolute Gasteiger partial charge is 0.491 e. The Labute approximate surface area is 119 Å². The molecule has 2 nitrogen and oxygen atoms in total. The fourth-order valence-corrected chi connectivity index (χ4v) is 2.06. The van der Waals surface area contributed by atoms with Crippen molar-refractivity contribution in [3.05, 3.63) is 28.7 Å². The van der Waals surface area contributed by atoms with E-state index in [1.165, 1.54) is 25.7 Å². The van der Waals surface area contributed by atoms with E-state index in [1.54, 1.807) is 0 Å². The van der Waals surface area contributed by atoms with Gasteiger partial charge < -0.3 is 9.47 Å². The predicted octanol–water partition coefficient (Wildman–Crippen LogP) is 4.81. The van der Waals surface area contributed by atoms with Gasteiger partial charge >= 0.3 is 0 Å². The first-order valence-electron chi connectivity index (χ1n) is 6.79. The third-order valence-electron chi connectivity index (χ3n) is 2.68. The third kappa shape index (κ3) is 7.72. The van der Waals surface area contributed by atoms with Gasteiger partial charge in [-0.1, -0.05) is 54.6 Å². The van der Waals surface area contributed by atoms with Crippen LogP contribution in [-0.2, 0) is 4.74 Å². The van der Waals surface area contributed by atoms with Crippen molar-refractivity contribution in [2.45, 2.75) is 39.0 Å². The Morgan fingerprint density at radius 2 is 1.83 bits per heavy atom. The Kier molecular flexibility index (Phi) is 8.96. The minimum atomic E-state index is 0.616. The van der Waals surface area contributed by atoms with Gasteiger partial charge in [0.2, 0.25) is 0 Å². The summed E-state index contributed by atoms with van der Waals surface area (Å²) in [4.78, 5) is 0. The molecule has 18 heavy (non-hydrogen) atoms. The van der Waals surface area contributed by atoms with E-state index in [4.69, 9.17) is 9.47 Å². The first-order chi connectivity index (χ1) is 8.83. The highest BCUT2D eigenvalue weighted by atomic mass is 79.9. The summed E-state index contributed by atoms with van der Waals surface area (Å²) < 4.78 is 12.1. The molecule has 1 rings (SSSR count). The molecule has 0 fully saturated rings. The minimum absolute atomic E-state index is 0.616. The van der Waals surface area contributed by atoms with Crippen LogP contribution in [0.3, 0.4) is 0 Å². The van der Waals surface area contributed by atoms with Crippen LogP contribution in [0.5, 0.6) is 5.75 Å². The minimum Gasteiger partial charge on any atom is -0.491 e. The van der Waals surface area contributed by atoms with Gasteiger partial charge in [-0.2, -0.15) is 0 Å². The van der Waals surface area contributed by atoms with Crippen LogP contribution in [0.2, 0.25) is 0 Å². The third-order valence-corrected chi connectivity index (χ3v) is 3.18. The monoisotopic (exact) mass is 314 g/mol. The summed E-state index contributed by atoms with van der Waals surface area (Å²) in [5.41, 5.74) is 0. The van der Waals surface area contributed by atoms with Gasteiger partial charge in [-0.3, -0.25) is 0 Å². The van der Waals surface area contributed by atoms with E-state index in [-0.39, 0.29) is 0 Å². The van der Waals surface area contributed by atoms with Crippen LogP contribution in [0.15, 0.2) is 28.7 Å². The number of halogens is 1. The van der Waals surface area contributed by atoms with E-state index in [0.717, 1.165) is 23.2 Å². The molecule has 0 saturated carbocycles. The highest BCUT2D eigenvalue weighted by Crippen LogP contribution is 2.17. The average Bonchev–Trinajstić information content (AvgIpc) is 2.37. The zero-order valence-electron chi connectivity index (χ0n) is 11.2. The van der Waals surface area contributed by atoms with Crippen LogP contribution in [0.1, 0.15) is 39.0 Å². The molecule has 1 aromatic rings. The summed E-state index contributed by atoms with van der Waals surface area (Å²) in [5.74, 6) is 0.885. The van der Waals surface area contributed by atoms with E-state index in [0.29, 0.717) is 13.2 Å². The second kappa shape index (κ2) is 10.4. The Bertz CT molecular complexity index is 315. The van der Waals surface area contributed by atoms with Crippen molar-refractivity contribution >= 4 is 15.9 Å². The Morgan fingerprint density at radius 3 is 2.61 bits per heavy atom. The predicted molar refractivity (Wildman–Crippen MR) is 79.2 cm³/mol. The molecule has 0 aromatic heterocycles. The lowest BCUT2D eigenvalue weighted by atomic mass is 10.2.